The van der Waals surface area contributed by atoms with E-state index in [9.17, 15) is 13.2 Å². The molecule has 0 radical (unpaired) electrons. The number of aromatic nitrogens is 4. The van der Waals surface area contributed by atoms with E-state index in [0.717, 1.165) is 17.8 Å². The quantitative estimate of drug-likeness (QED) is 0.538. The second kappa shape index (κ2) is 6.29. The van der Waals surface area contributed by atoms with Crippen molar-refractivity contribution in [1.29, 1.82) is 0 Å². The summed E-state index contributed by atoms with van der Waals surface area (Å²) >= 11 is 0. The SMILES string of the molecule is Cc1cc(Cn2ncc3ncc(-c4ccc(F)c(C(F)F)c4)cc32)on1. The molecule has 26 heavy (non-hydrogen) atoms. The van der Waals surface area contributed by atoms with Crippen molar-refractivity contribution in [2.45, 2.75) is 19.9 Å². The van der Waals surface area contributed by atoms with Gasteiger partial charge in [-0.3, -0.25) is 9.67 Å². The van der Waals surface area contributed by atoms with E-state index in [1.807, 2.05) is 6.92 Å². The predicted molar refractivity (Wildman–Crippen MR) is 88.2 cm³/mol. The van der Waals surface area contributed by atoms with Crippen molar-refractivity contribution < 1.29 is 17.7 Å². The Morgan fingerprint density at radius 1 is 1.12 bits per heavy atom. The maximum absolute atomic E-state index is 13.5. The summed E-state index contributed by atoms with van der Waals surface area (Å²) in [5.74, 6) is -0.289. The zero-order chi connectivity index (χ0) is 18.3. The van der Waals surface area contributed by atoms with E-state index in [1.165, 1.54) is 6.07 Å². The summed E-state index contributed by atoms with van der Waals surface area (Å²) in [7, 11) is 0. The standard InChI is InChI=1S/C18H13F3N4O/c1-10-4-13(26-24-10)9-25-17-6-12(7-22-16(17)8-23-25)11-2-3-15(19)14(5-11)18(20)21/h2-8,18H,9H2,1H3. The van der Waals surface area contributed by atoms with Crippen LogP contribution in [0.3, 0.4) is 0 Å². The Hall–Kier alpha value is -3.16. The van der Waals surface area contributed by atoms with Gasteiger partial charge in [0.2, 0.25) is 0 Å². The molecule has 0 bridgehead atoms. The summed E-state index contributed by atoms with van der Waals surface area (Å²) in [6.07, 6.45) is 0.277. The first-order chi connectivity index (χ1) is 12.5. The number of halogens is 3. The molecule has 0 aliphatic carbocycles. The average molecular weight is 358 g/mol. The second-order valence-electron chi connectivity index (χ2n) is 5.90. The fraction of sp³-hybridized carbons (Fsp3) is 0.167. The molecule has 0 amide bonds. The van der Waals surface area contributed by atoms with Crippen LogP contribution in [0.2, 0.25) is 0 Å². The number of fused-ring (bicyclic) bond motifs is 1. The van der Waals surface area contributed by atoms with Crippen LogP contribution in [0.4, 0.5) is 13.2 Å². The van der Waals surface area contributed by atoms with Gasteiger partial charge in [0, 0.05) is 17.8 Å². The lowest BCUT2D eigenvalue weighted by Gasteiger charge is -2.07. The molecular formula is C18H13F3N4O. The van der Waals surface area contributed by atoms with Crippen LogP contribution in [0, 0.1) is 12.7 Å². The van der Waals surface area contributed by atoms with E-state index in [0.29, 0.717) is 34.5 Å². The van der Waals surface area contributed by atoms with Gasteiger partial charge in [-0.2, -0.15) is 5.10 Å². The highest BCUT2D eigenvalue weighted by Gasteiger charge is 2.15. The van der Waals surface area contributed by atoms with Gasteiger partial charge in [-0.05, 0) is 30.7 Å². The van der Waals surface area contributed by atoms with Gasteiger partial charge in [0.05, 0.1) is 23.0 Å². The smallest absolute Gasteiger partial charge is 0.266 e. The number of hydrogen-bond donors (Lipinski definition) is 0. The molecule has 0 fully saturated rings. The first-order valence-electron chi connectivity index (χ1n) is 7.83. The maximum atomic E-state index is 13.5. The number of pyridine rings is 1. The van der Waals surface area contributed by atoms with Crippen LogP contribution in [0.25, 0.3) is 22.2 Å². The summed E-state index contributed by atoms with van der Waals surface area (Å²) in [5.41, 5.74) is 2.55. The van der Waals surface area contributed by atoms with Gasteiger partial charge >= 0.3 is 0 Å². The molecule has 4 rings (SSSR count). The minimum atomic E-state index is -2.88. The third kappa shape index (κ3) is 2.94. The largest absolute Gasteiger partial charge is 0.359 e. The van der Waals surface area contributed by atoms with E-state index >= 15 is 0 Å². The fourth-order valence-electron chi connectivity index (χ4n) is 2.77. The van der Waals surface area contributed by atoms with Crippen LogP contribution in [0.15, 0.2) is 47.2 Å². The van der Waals surface area contributed by atoms with Crippen molar-refractivity contribution in [2.24, 2.45) is 0 Å². The molecule has 0 unspecified atom stereocenters. The van der Waals surface area contributed by atoms with Gasteiger partial charge in [-0.15, -0.1) is 0 Å². The van der Waals surface area contributed by atoms with Crippen LogP contribution in [-0.4, -0.2) is 19.9 Å². The zero-order valence-electron chi connectivity index (χ0n) is 13.7. The van der Waals surface area contributed by atoms with Crippen LogP contribution in [0.5, 0.6) is 0 Å². The first kappa shape index (κ1) is 16.3. The Morgan fingerprint density at radius 2 is 1.96 bits per heavy atom. The Bertz CT molecular complexity index is 1090. The maximum Gasteiger partial charge on any atom is 0.266 e. The normalized spacial score (nSPS) is 11.6. The summed E-state index contributed by atoms with van der Waals surface area (Å²) in [6, 6.07) is 7.21. The van der Waals surface area contributed by atoms with Crippen molar-refractivity contribution in [1.82, 2.24) is 19.9 Å². The van der Waals surface area contributed by atoms with Gasteiger partial charge in [-0.25, -0.2) is 13.2 Å². The highest BCUT2D eigenvalue weighted by Crippen LogP contribution is 2.29. The topological polar surface area (TPSA) is 56.7 Å². The molecule has 4 aromatic rings. The second-order valence-corrected chi connectivity index (χ2v) is 5.90. The van der Waals surface area contributed by atoms with E-state index in [4.69, 9.17) is 4.52 Å². The molecule has 5 nitrogen and oxygen atoms in total. The molecular weight excluding hydrogens is 345 g/mol. The van der Waals surface area contributed by atoms with Gasteiger partial charge < -0.3 is 4.52 Å². The molecule has 3 aromatic heterocycles. The molecule has 0 saturated carbocycles. The number of rotatable bonds is 4. The molecule has 8 heteroatoms. The predicted octanol–water partition coefficient (Wildman–Crippen LogP) is 4.52. The van der Waals surface area contributed by atoms with E-state index in [2.05, 4.69) is 15.2 Å². The van der Waals surface area contributed by atoms with Crippen LogP contribution in [-0.2, 0) is 6.54 Å². The van der Waals surface area contributed by atoms with Crippen molar-refractivity contribution in [3.63, 3.8) is 0 Å². The number of nitrogens with zero attached hydrogens (tertiary/aromatic N) is 4. The number of aryl methyl sites for hydroxylation is 1. The lowest BCUT2D eigenvalue weighted by atomic mass is 10.0. The molecule has 0 atom stereocenters. The minimum Gasteiger partial charge on any atom is -0.359 e. The third-order valence-corrected chi connectivity index (χ3v) is 4.04. The Kier molecular flexibility index (Phi) is 3.95. The molecule has 0 N–H and O–H groups in total. The summed E-state index contributed by atoms with van der Waals surface area (Å²) in [6.45, 7) is 2.18. The summed E-state index contributed by atoms with van der Waals surface area (Å²) in [4.78, 5) is 4.31. The molecule has 3 heterocycles. The molecule has 1 aromatic carbocycles. The van der Waals surface area contributed by atoms with Gasteiger partial charge in [0.1, 0.15) is 17.9 Å². The van der Waals surface area contributed by atoms with Gasteiger partial charge in [0.15, 0.2) is 5.76 Å². The van der Waals surface area contributed by atoms with Crippen molar-refractivity contribution in [3.8, 4) is 11.1 Å². The van der Waals surface area contributed by atoms with Crippen molar-refractivity contribution in [3.05, 3.63) is 65.6 Å². The minimum absolute atomic E-state index is 0.362. The lowest BCUT2D eigenvalue weighted by Crippen LogP contribution is -2.00. The van der Waals surface area contributed by atoms with Crippen LogP contribution >= 0.6 is 0 Å². The number of hydrogen-bond acceptors (Lipinski definition) is 4. The lowest BCUT2D eigenvalue weighted by molar-refractivity contribution is 0.146. The highest BCUT2D eigenvalue weighted by molar-refractivity contribution is 5.80. The third-order valence-electron chi connectivity index (χ3n) is 4.04. The summed E-state index contributed by atoms with van der Waals surface area (Å²) < 4.78 is 46.3. The molecule has 132 valence electrons. The number of benzene rings is 1. The Labute approximate surface area is 146 Å². The fourth-order valence-corrected chi connectivity index (χ4v) is 2.77. The monoisotopic (exact) mass is 358 g/mol. The van der Waals surface area contributed by atoms with Crippen LogP contribution < -0.4 is 0 Å². The Balaban J connectivity index is 1.75. The molecule has 0 aliphatic heterocycles. The molecule has 0 saturated heterocycles. The van der Waals surface area contributed by atoms with Crippen molar-refractivity contribution in [2.75, 3.05) is 0 Å². The first-order valence-corrected chi connectivity index (χ1v) is 7.83. The van der Waals surface area contributed by atoms with E-state index in [-0.39, 0.29) is 0 Å². The Morgan fingerprint density at radius 3 is 2.69 bits per heavy atom. The van der Waals surface area contributed by atoms with Gasteiger partial charge in [-0.1, -0.05) is 11.2 Å². The molecule has 0 spiro atoms. The summed E-state index contributed by atoms with van der Waals surface area (Å²) in [5, 5.41) is 8.12. The highest BCUT2D eigenvalue weighted by atomic mass is 19.3. The van der Waals surface area contributed by atoms with E-state index < -0.39 is 17.8 Å². The van der Waals surface area contributed by atoms with Gasteiger partial charge in [0.25, 0.3) is 6.43 Å². The van der Waals surface area contributed by atoms with Crippen molar-refractivity contribution >= 4 is 11.0 Å². The molecule has 0 aliphatic rings. The number of alkyl halides is 2. The van der Waals surface area contributed by atoms with Crippen LogP contribution in [0.1, 0.15) is 23.4 Å². The average Bonchev–Trinajstić information content (AvgIpc) is 3.21. The zero-order valence-corrected chi connectivity index (χ0v) is 13.7. The van der Waals surface area contributed by atoms with E-state index in [1.54, 1.807) is 29.2 Å².